The van der Waals surface area contributed by atoms with Crippen molar-refractivity contribution in [1.29, 1.82) is 0 Å². The molecule has 0 saturated carbocycles. The van der Waals surface area contributed by atoms with Gasteiger partial charge in [0.2, 0.25) is 11.7 Å². The number of carbonyl (C=O) groups excluding carboxylic acids is 1. The first kappa shape index (κ1) is 23.8. The third kappa shape index (κ3) is 4.18. The fraction of sp³-hybridized carbons (Fsp3) is 0.214. The Labute approximate surface area is 213 Å². The first-order valence-electron chi connectivity index (χ1n) is 12.0. The maximum atomic E-state index is 13.6. The van der Waals surface area contributed by atoms with Crippen molar-refractivity contribution in [1.82, 2.24) is 24.1 Å². The summed E-state index contributed by atoms with van der Waals surface area (Å²) in [4.78, 5) is 29.0. The molecule has 0 aliphatic heterocycles. The van der Waals surface area contributed by atoms with Crippen LogP contribution < -0.4 is 5.56 Å². The first-order valence-corrected chi connectivity index (χ1v) is 12.9. The Bertz CT molecular complexity index is 1590. The second-order valence-electron chi connectivity index (χ2n) is 8.53. The maximum Gasteiger partial charge on any atom is 0.267 e. The molecule has 0 saturated heterocycles. The van der Waals surface area contributed by atoms with Crippen LogP contribution >= 0.6 is 11.8 Å². The number of para-hydroxylation sites is 1. The molecule has 1 atom stereocenters. The van der Waals surface area contributed by atoms with Crippen LogP contribution in [0.3, 0.4) is 0 Å². The predicted molar refractivity (Wildman–Crippen MR) is 144 cm³/mol. The van der Waals surface area contributed by atoms with Crippen LogP contribution in [0.1, 0.15) is 30.2 Å². The van der Waals surface area contributed by atoms with Crippen LogP contribution in [0.25, 0.3) is 22.4 Å². The average Bonchev–Trinajstić information content (AvgIpc) is 3.33. The van der Waals surface area contributed by atoms with Crippen molar-refractivity contribution in [2.75, 3.05) is 13.1 Å². The number of carbonyl (C=O) groups is 1. The van der Waals surface area contributed by atoms with Crippen molar-refractivity contribution in [3.05, 3.63) is 100 Å². The lowest BCUT2D eigenvalue weighted by Crippen LogP contribution is -2.34. The molecule has 0 spiro atoms. The van der Waals surface area contributed by atoms with Gasteiger partial charge in [-0.25, -0.2) is 4.57 Å². The van der Waals surface area contributed by atoms with Gasteiger partial charge in [0, 0.05) is 13.1 Å². The Balaban J connectivity index is 1.73. The Hall–Kier alpha value is -3.91. The Morgan fingerprint density at radius 2 is 1.58 bits per heavy atom. The van der Waals surface area contributed by atoms with E-state index in [-0.39, 0.29) is 11.5 Å². The molecule has 0 fully saturated rings. The quantitative estimate of drug-likeness (QED) is 0.295. The monoisotopic (exact) mass is 497 g/mol. The summed E-state index contributed by atoms with van der Waals surface area (Å²) in [6.45, 7) is 7.21. The number of rotatable bonds is 7. The van der Waals surface area contributed by atoms with E-state index in [1.165, 1.54) is 11.8 Å². The fourth-order valence-electron chi connectivity index (χ4n) is 4.38. The summed E-state index contributed by atoms with van der Waals surface area (Å²) in [6.07, 6.45) is 0. The summed E-state index contributed by atoms with van der Waals surface area (Å²) in [5, 5.41) is 9.55. The molecular formula is C28H27N5O2S. The number of likely N-dealkylation sites (N-methyl/N-ethyl adjacent to an activating group) is 1. The van der Waals surface area contributed by atoms with Gasteiger partial charge >= 0.3 is 0 Å². The molecule has 2 aromatic heterocycles. The van der Waals surface area contributed by atoms with E-state index in [0.717, 1.165) is 11.1 Å². The topological polar surface area (TPSA) is 72.5 Å². The van der Waals surface area contributed by atoms with Crippen molar-refractivity contribution >= 4 is 34.3 Å². The summed E-state index contributed by atoms with van der Waals surface area (Å²) < 4.78 is 3.47. The number of hydrogen-bond acceptors (Lipinski definition) is 5. The number of hydrogen-bond donors (Lipinski definition) is 0. The molecule has 0 aliphatic rings. The molecule has 1 unspecified atom stereocenters. The molecule has 8 heteroatoms. The molecule has 36 heavy (non-hydrogen) atoms. The Morgan fingerprint density at radius 1 is 0.917 bits per heavy atom. The summed E-state index contributed by atoms with van der Waals surface area (Å²) >= 11 is 1.35. The van der Waals surface area contributed by atoms with E-state index in [1.807, 2.05) is 109 Å². The SMILES string of the molecule is CCN(CC)C(=O)C(Sc1nnc2n(-c3ccc(C)cc3)c(=O)c3ccccc3n12)c1ccccc1. The van der Waals surface area contributed by atoms with Crippen LogP contribution in [0, 0.1) is 6.92 Å². The van der Waals surface area contributed by atoms with E-state index < -0.39 is 5.25 Å². The molecule has 2 heterocycles. The number of nitrogens with zero attached hydrogens (tertiary/aromatic N) is 5. The minimum atomic E-state index is -0.503. The van der Waals surface area contributed by atoms with Crippen molar-refractivity contribution in [2.45, 2.75) is 31.2 Å². The van der Waals surface area contributed by atoms with Crippen molar-refractivity contribution in [3.8, 4) is 5.69 Å². The van der Waals surface area contributed by atoms with E-state index >= 15 is 0 Å². The van der Waals surface area contributed by atoms with Gasteiger partial charge in [-0.15, -0.1) is 10.2 Å². The van der Waals surface area contributed by atoms with Crippen LogP contribution in [0.4, 0.5) is 0 Å². The molecule has 5 rings (SSSR count). The summed E-state index contributed by atoms with van der Waals surface area (Å²) in [5.74, 6) is 0.427. The molecule has 7 nitrogen and oxygen atoms in total. The number of aryl methyl sites for hydroxylation is 1. The fourth-order valence-corrected chi connectivity index (χ4v) is 5.50. The lowest BCUT2D eigenvalue weighted by molar-refractivity contribution is -0.130. The van der Waals surface area contributed by atoms with Gasteiger partial charge in [-0.2, -0.15) is 0 Å². The number of benzene rings is 3. The highest BCUT2D eigenvalue weighted by atomic mass is 32.2. The van der Waals surface area contributed by atoms with Crippen LogP contribution in [0.2, 0.25) is 0 Å². The summed E-state index contributed by atoms with van der Waals surface area (Å²) in [5.41, 5.74) is 3.25. The van der Waals surface area contributed by atoms with Gasteiger partial charge in [0.1, 0.15) is 5.25 Å². The van der Waals surface area contributed by atoms with Gasteiger partial charge in [-0.1, -0.05) is 71.9 Å². The van der Waals surface area contributed by atoms with E-state index in [0.29, 0.717) is 40.6 Å². The lowest BCUT2D eigenvalue weighted by Gasteiger charge is -2.24. The van der Waals surface area contributed by atoms with Gasteiger partial charge in [0.05, 0.1) is 16.6 Å². The normalized spacial score (nSPS) is 12.2. The standard InChI is InChI=1S/C28H27N5O2S/c1-4-31(5-2)26(35)24(20-11-7-6-8-12-20)36-28-30-29-27-32(21-17-15-19(3)16-18-21)25(34)22-13-9-10-14-23(22)33(27)28/h6-18,24H,4-5H2,1-3H3. The molecule has 0 radical (unpaired) electrons. The van der Waals surface area contributed by atoms with Gasteiger partial charge in [0.15, 0.2) is 5.16 Å². The predicted octanol–water partition coefficient (Wildman–Crippen LogP) is 5.04. The van der Waals surface area contributed by atoms with Gasteiger partial charge in [-0.05, 0) is 50.6 Å². The zero-order valence-electron chi connectivity index (χ0n) is 20.5. The zero-order chi connectivity index (χ0) is 25.2. The van der Waals surface area contributed by atoms with E-state index in [9.17, 15) is 9.59 Å². The van der Waals surface area contributed by atoms with Gasteiger partial charge in [-0.3, -0.25) is 14.0 Å². The average molecular weight is 498 g/mol. The maximum absolute atomic E-state index is 13.6. The number of thioether (sulfide) groups is 1. The van der Waals surface area contributed by atoms with Crippen LogP contribution in [-0.2, 0) is 4.79 Å². The molecule has 182 valence electrons. The third-order valence-corrected chi connectivity index (χ3v) is 7.50. The third-order valence-electron chi connectivity index (χ3n) is 6.31. The molecule has 0 N–H and O–H groups in total. The van der Waals surface area contributed by atoms with Gasteiger partial charge < -0.3 is 4.90 Å². The molecule has 0 aliphatic carbocycles. The zero-order valence-corrected chi connectivity index (χ0v) is 21.3. The minimum Gasteiger partial charge on any atom is -0.342 e. The molecule has 3 aromatic carbocycles. The van der Waals surface area contributed by atoms with Crippen LogP contribution in [0.15, 0.2) is 88.8 Å². The van der Waals surface area contributed by atoms with Crippen molar-refractivity contribution < 1.29 is 4.79 Å². The van der Waals surface area contributed by atoms with E-state index in [1.54, 1.807) is 4.57 Å². The second kappa shape index (κ2) is 9.99. The van der Waals surface area contributed by atoms with E-state index in [4.69, 9.17) is 0 Å². The molecule has 1 amide bonds. The first-order chi connectivity index (χ1) is 17.5. The smallest absolute Gasteiger partial charge is 0.267 e. The van der Waals surface area contributed by atoms with Crippen molar-refractivity contribution in [2.24, 2.45) is 0 Å². The number of fused-ring (bicyclic) bond motifs is 3. The highest BCUT2D eigenvalue weighted by molar-refractivity contribution is 8.00. The largest absolute Gasteiger partial charge is 0.342 e. The molecule has 5 aromatic rings. The lowest BCUT2D eigenvalue weighted by atomic mass is 10.1. The molecular weight excluding hydrogens is 470 g/mol. The minimum absolute atomic E-state index is 0.0177. The highest BCUT2D eigenvalue weighted by Crippen LogP contribution is 2.37. The summed E-state index contributed by atoms with van der Waals surface area (Å²) in [7, 11) is 0. The van der Waals surface area contributed by atoms with Crippen molar-refractivity contribution in [3.63, 3.8) is 0 Å². The highest BCUT2D eigenvalue weighted by Gasteiger charge is 2.29. The van der Waals surface area contributed by atoms with Crippen LogP contribution in [-0.4, -0.2) is 43.1 Å². The van der Waals surface area contributed by atoms with E-state index in [2.05, 4.69) is 10.2 Å². The number of amides is 1. The van der Waals surface area contributed by atoms with Gasteiger partial charge in [0.25, 0.3) is 5.56 Å². The number of aromatic nitrogens is 4. The Morgan fingerprint density at radius 3 is 2.28 bits per heavy atom. The molecule has 0 bridgehead atoms. The second-order valence-corrected chi connectivity index (χ2v) is 9.60. The van der Waals surface area contributed by atoms with Crippen LogP contribution in [0.5, 0.6) is 0 Å². The summed E-state index contributed by atoms with van der Waals surface area (Å²) in [6, 6.07) is 24.9. The Kier molecular flexibility index (Phi) is 6.61.